The van der Waals surface area contributed by atoms with Gasteiger partial charge in [0, 0.05) is 6.42 Å². The van der Waals surface area contributed by atoms with E-state index < -0.39 is 0 Å². The molecule has 1 unspecified atom stereocenters. The fraction of sp³-hybridized carbons (Fsp3) is 0.188. The van der Waals surface area contributed by atoms with Gasteiger partial charge in [-0.2, -0.15) is 0 Å². The maximum absolute atomic E-state index is 5.80. The Labute approximate surface area is 125 Å². The van der Waals surface area contributed by atoms with Gasteiger partial charge in [-0.3, -0.25) is 0 Å². The maximum atomic E-state index is 5.80. The molecule has 0 amide bonds. The number of hydrogen-bond donors (Lipinski definition) is 0. The second-order valence-corrected chi connectivity index (χ2v) is 5.59. The van der Waals surface area contributed by atoms with E-state index in [2.05, 4.69) is 33.0 Å². The minimum Gasteiger partial charge on any atom is -0.443 e. The van der Waals surface area contributed by atoms with Crippen LogP contribution in [0.4, 0.5) is 0 Å². The zero-order valence-electron chi connectivity index (χ0n) is 10.8. The molecule has 0 bridgehead atoms. The number of aromatic nitrogens is 1. The molecule has 0 saturated carbocycles. The molecule has 0 aliphatic heterocycles. The Hall–Kier alpha value is -1.65. The number of alkyl halides is 1. The van der Waals surface area contributed by atoms with E-state index >= 15 is 0 Å². The van der Waals surface area contributed by atoms with Crippen LogP contribution in [-0.2, 0) is 17.8 Å². The van der Waals surface area contributed by atoms with Gasteiger partial charge in [0.15, 0.2) is 12.0 Å². The summed E-state index contributed by atoms with van der Waals surface area (Å²) in [5.74, 6) is 0. The number of fused-ring (bicyclic) bond motifs is 1. The second kappa shape index (κ2) is 6.20. The number of rotatable bonds is 5. The topological polar surface area (TPSA) is 35.3 Å². The lowest BCUT2D eigenvalue weighted by atomic mass is 10.1. The molecule has 0 N–H and O–H groups in total. The van der Waals surface area contributed by atoms with Crippen molar-refractivity contribution >= 4 is 27.0 Å². The van der Waals surface area contributed by atoms with Crippen molar-refractivity contribution < 1.29 is 9.15 Å². The highest BCUT2D eigenvalue weighted by Gasteiger charge is 2.08. The molecule has 1 aromatic heterocycles. The predicted molar refractivity (Wildman–Crippen MR) is 81.7 cm³/mol. The lowest BCUT2D eigenvalue weighted by molar-refractivity contribution is 0.104. The number of nitrogens with zero attached hydrogens (tertiary/aromatic N) is 1. The average Bonchev–Trinajstić information content (AvgIpc) is 2.94. The molecule has 20 heavy (non-hydrogen) atoms. The van der Waals surface area contributed by atoms with Crippen molar-refractivity contribution in [2.75, 3.05) is 0 Å². The number of oxazole rings is 1. The molecule has 3 nitrogen and oxygen atoms in total. The van der Waals surface area contributed by atoms with Crippen LogP contribution in [0.5, 0.6) is 0 Å². The van der Waals surface area contributed by atoms with E-state index in [0.29, 0.717) is 6.61 Å². The molecule has 2 aromatic carbocycles. The van der Waals surface area contributed by atoms with E-state index in [9.17, 15) is 0 Å². The van der Waals surface area contributed by atoms with E-state index in [-0.39, 0.29) is 5.01 Å². The van der Waals surface area contributed by atoms with Crippen molar-refractivity contribution in [1.82, 2.24) is 4.98 Å². The highest BCUT2D eigenvalue weighted by atomic mass is 79.9. The lowest BCUT2D eigenvalue weighted by Gasteiger charge is -2.11. The summed E-state index contributed by atoms with van der Waals surface area (Å²) in [6.45, 7) is 0.600. The average molecular weight is 332 g/mol. The fourth-order valence-corrected chi connectivity index (χ4v) is 2.54. The Morgan fingerprint density at radius 2 is 1.95 bits per heavy atom. The summed E-state index contributed by atoms with van der Waals surface area (Å²) < 4.78 is 11.0. The first-order valence-electron chi connectivity index (χ1n) is 6.43. The Kier molecular flexibility index (Phi) is 4.14. The van der Waals surface area contributed by atoms with Gasteiger partial charge in [-0.1, -0.05) is 52.3 Å². The van der Waals surface area contributed by atoms with E-state index in [1.807, 2.05) is 36.4 Å². The quantitative estimate of drug-likeness (QED) is 0.653. The molecular formula is C16H14BrNO2. The highest BCUT2D eigenvalue weighted by Crippen LogP contribution is 2.18. The molecule has 0 fully saturated rings. The summed E-state index contributed by atoms with van der Waals surface area (Å²) in [6, 6.07) is 16.1. The number of halogens is 1. The Balaban J connectivity index is 1.59. The van der Waals surface area contributed by atoms with Crippen LogP contribution in [0.2, 0.25) is 0 Å². The van der Waals surface area contributed by atoms with Gasteiger partial charge in [0.05, 0.1) is 6.61 Å². The molecule has 0 spiro atoms. The zero-order valence-corrected chi connectivity index (χ0v) is 12.4. The minimum atomic E-state index is -0.0212. The lowest BCUT2D eigenvalue weighted by Crippen LogP contribution is -2.08. The van der Waals surface area contributed by atoms with Crippen molar-refractivity contribution in [1.29, 1.82) is 0 Å². The van der Waals surface area contributed by atoms with Crippen molar-refractivity contribution in [3.8, 4) is 0 Å². The first kappa shape index (κ1) is 13.3. The molecule has 1 heterocycles. The second-order valence-electron chi connectivity index (χ2n) is 4.57. The molecule has 0 aliphatic rings. The van der Waals surface area contributed by atoms with Crippen LogP contribution in [0.1, 0.15) is 11.1 Å². The van der Waals surface area contributed by atoms with E-state index in [0.717, 1.165) is 17.5 Å². The number of ether oxygens (including phenoxy) is 1. The number of benzene rings is 2. The third-order valence-electron chi connectivity index (χ3n) is 3.06. The maximum Gasteiger partial charge on any atom is 0.181 e. The van der Waals surface area contributed by atoms with Crippen LogP contribution in [-0.4, -0.2) is 10.00 Å². The largest absolute Gasteiger partial charge is 0.443 e. The van der Waals surface area contributed by atoms with E-state index in [1.54, 1.807) is 0 Å². The van der Waals surface area contributed by atoms with Gasteiger partial charge in [-0.15, -0.1) is 0 Å². The smallest absolute Gasteiger partial charge is 0.181 e. The standard InChI is InChI=1S/C16H14BrNO2/c17-16(19-10-12-4-2-1-3-5-12)9-13-6-7-15-14(8-13)18-11-20-15/h1-8,11,16H,9-10H2. The Bertz CT molecular complexity index is 681. The SMILES string of the molecule is BrC(Cc1ccc2ocnc2c1)OCc1ccccc1. The van der Waals surface area contributed by atoms with Crippen LogP contribution in [0.3, 0.4) is 0 Å². The molecule has 4 heteroatoms. The van der Waals surface area contributed by atoms with Crippen LogP contribution < -0.4 is 0 Å². The van der Waals surface area contributed by atoms with Gasteiger partial charge in [-0.05, 0) is 23.3 Å². The first-order chi connectivity index (χ1) is 9.81. The first-order valence-corrected chi connectivity index (χ1v) is 7.34. The van der Waals surface area contributed by atoms with Crippen LogP contribution in [0.15, 0.2) is 59.3 Å². The molecular weight excluding hydrogens is 318 g/mol. The Morgan fingerprint density at radius 3 is 2.80 bits per heavy atom. The molecule has 3 aromatic rings. The van der Waals surface area contributed by atoms with Gasteiger partial charge in [0.1, 0.15) is 10.5 Å². The van der Waals surface area contributed by atoms with Crippen LogP contribution >= 0.6 is 15.9 Å². The minimum absolute atomic E-state index is 0.0212. The summed E-state index contributed by atoms with van der Waals surface area (Å²) in [6.07, 6.45) is 2.25. The van der Waals surface area contributed by atoms with Gasteiger partial charge in [0.25, 0.3) is 0 Å². The van der Waals surface area contributed by atoms with Gasteiger partial charge >= 0.3 is 0 Å². The van der Waals surface area contributed by atoms with Gasteiger partial charge < -0.3 is 9.15 Å². The van der Waals surface area contributed by atoms with Crippen molar-refractivity contribution in [2.45, 2.75) is 18.0 Å². The van der Waals surface area contributed by atoms with Gasteiger partial charge in [0.2, 0.25) is 0 Å². The Morgan fingerprint density at radius 1 is 1.10 bits per heavy atom. The van der Waals surface area contributed by atoms with Crippen molar-refractivity contribution in [2.24, 2.45) is 0 Å². The molecule has 0 radical (unpaired) electrons. The molecule has 0 saturated heterocycles. The predicted octanol–water partition coefficient (Wildman–Crippen LogP) is 4.31. The summed E-state index contributed by atoms with van der Waals surface area (Å²) in [4.78, 5) is 4.16. The van der Waals surface area contributed by atoms with E-state index in [1.165, 1.54) is 17.5 Å². The normalized spacial score (nSPS) is 12.7. The summed E-state index contributed by atoms with van der Waals surface area (Å²) in [5, 5.41) is -0.0212. The van der Waals surface area contributed by atoms with Crippen LogP contribution in [0, 0.1) is 0 Å². The molecule has 3 rings (SSSR count). The highest BCUT2D eigenvalue weighted by molar-refractivity contribution is 9.09. The fourth-order valence-electron chi connectivity index (χ4n) is 2.04. The van der Waals surface area contributed by atoms with Crippen molar-refractivity contribution in [3.63, 3.8) is 0 Å². The third kappa shape index (κ3) is 3.26. The monoisotopic (exact) mass is 331 g/mol. The molecule has 102 valence electrons. The van der Waals surface area contributed by atoms with E-state index in [4.69, 9.17) is 9.15 Å². The van der Waals surface area contributed by atoms with Crippen LogP contribution in [0.25, 0.3) is 11.1 Å². The number of hydrogen-bond acceptors (Lipinski definition) is 3. The molecule has 0 aliphatic carbocycles. The zero-order chi connectivity index (χ0) is 13.8. The summed E-state index contributed by atoms with van der Waals surface area (Å²) in [7, 11) is 0. The summed E-state index contributed by atoms with van der Waals surface area (Å²) >= 11 is 3.56. The van der Waals surface area contributed by atoms with Crippen molar-refractivity contribution in [3.05, 3.63) is 66.1 Å². The van der Waals surface area contributed by atoms with Gasteiger partial charge in [-0.25, -0.2) is 4.98 Å². The summed E-state index contributed by atoms with van der Waals surface area (Å²) in [5.41, 5.74) is 4.03. The molecule has 1 atom stereocenters. The third-order valence-corrected chi connectivity index (χ3v) is 3.65.